The van der Waals surface area contributed by atoms with Crippen molar-refractivity contribution in [2.75, 3.05) is 10.2 Å². The molecule has 4 heteroatoms. The summed E-state index contributed by atoms with van der Waals surface area (Å²) in [5.41, 5.74) is 5.77. The molecule has 1 heterocycles. The predicted octanol–water partition coefficient (Wildman–Crippen LogP) is 5.47. The normalized spacial score (nSPS) is 15.3. The minimum atomic E-state index is -0.142. The summed E-state index contributed by atoms with van der Waals surface area (Å²) in [4.78, 5) is 26.2. The minimum Gasteiger partial charge on any atom is -0.326 e. The summed E-state index contributed by atoms with van der Waals surface area (Å²) >= 11 is 0. The molecule has 0 fully saturated rings. The van der Waals surface area contributed by atoms with Crippen LogP contribution < -0.4 is 10.2 Å². The van der Waals surface area contributed by atoms with Crippen LogP contribution in [0.5, 0.6) is 0 Å². The first-order valence-corrected chi connectivity index (χ1v) is 10.1. The number of nitrogens with one attached hydrogen (secondary N) is 1. The summed E-state index contributed by atoms with van der Waals surface area (Å²) in [6.07, 6.45) is 4.78. The van der Waals surface area contributed by atoms with Gasteiger partial charge in [0.25, 0.3) is 0 Å². The topological polar surface area (TPSA) is 49.4 Å². The quantitative estimate of drug-likeness (QED) is 0.595. The Balaban J connectivity index is 1.77. The van der Waals surface area contributed by atoms with Crippen LogP contribution in [0.3, 0.4) is 0 Å². The van der Waals surface area contributed by atoms with E-state index in [9.17, 15) is 9.59 Å². The van der Waals surface area contributed by atoms with Crippen LogP contribution in [0.1, 0.15) is 42.1 Å². The Morgan fingerprint density at radius 1 is 0.933 bits per heavy atom. The van der Waals surface area contributed by atoms with Crippen LogP contribution in [0.25, 0.3) is 12.2 Å². The van der Waals surface area contributed by atoms with E-state index in [1.54, 1.807) is 6.92 Å². The van der Waals surface area contributed by atoms with Gasteiger partial charge in [-0.2, -0.15) is 0 Å². The fraction of sp³-hybridized carbons (Fsp3) is 0.154. The SMILES string of the molecule is CC(=O)Nc1cc2c(cc1C=Cc1ccccc1)C[C@H](c1ccccc1)N2C(C)=O. The number of anilines is 2. The fourth-order valence-corrected chi connectivity index (χ4v) is 4.02. The molecule has 2 amide bonds. The van der Waals surface area contributed by atoms with Gasteiger partial charge in [-0.15, -0.1) is 0 Å². The van der Waals surface area contributed by atoms with E-state index in [2.05, 4.69) is 23.5 Å². The van der Waals surface area contributed by atoms with Crippen LogP contribution in [-0.4, -0.2) is 11.8 Å². The Morgan fingerprint density at radius 3 is 2.23 bits per heavy atom. The molecule has 30 heavy (non-hydrogen) atoms. The van der Waals surface area contributed by atoms with Crippen molar-refractivity contribution in [1.82, 2.24) is 0 Å². The van der Waals surface area contributed by atoms with Crippen molar-refractivity contribution in [2.24, 2.45) is 0 Å². The second-order valence-corrected chi connectivity index (χ2v) is 7.51. The Labute approximate surface area is 176 Å². The molecule has 0 aliphatic carbocycles. The number of nitrogens with zero attached hydrogens (tertiary/aromatic N) is 1. The van der Waals surface area contributed by atoms with Gasteiger partial charge in [0.15, 0.2) is 0 Å². The van der Waals surface area contributed by atoms with Crippen molar-refractivity contribution in [3.63, 3.8) is 0 Å². The molecule has 0 unspecified atom stereocenters. The van der Waals surface area contributed by atoms with Crippen LogP contribution in [0.2, 0.25) is 0 Å². The van der Waals surface area contributed by atoms with E-state index in [1.165, 1.54) is 6.92 Å². The lowest BCUT2D eigenvalue weighted by molar-refractivity contribution is -0.117. The van der Waals surface area contributed by atoms with Gasteiger partial charge >= 0.3 is 0 Å². The molecule has 1 aliphatic heterocycles. The molecule has 150 valence electrons. The molecular weight excluding hydrogens is 372 g/mol. The highest BCUT2D eigenvalue weighted by molar-refractivity contribution is 5.99. The van der Waals surface area contributed by atoms with Crippen molar-refractivity contribution >= 4 is 35.3 Å². The number of fused-ring (bicyclic) bond motifs is 1. The van der Waals surface area contributed by atoms with Gasteiger partial charge in [0.1, 0.15) is 0 Å². The van der Waals surface area contributed by atoms with Gasteiger partial charge in [0.05, 0.1) is 11.7 Å². The Hall–Kier alpha value is -3.66. The summed E-state index contributed by atoms with van der Waals surface area (Å²) in [6, 6.07) is 24.1. The first-order valence-electron chi connectivity index (χ1n) is 10.1. The van der Waals surface area contributed by atoms with Crippen LogP contribution in [0.15, 0.2) is 72.8 Å². The summed E-state index contributed by atoms with van der Waals surface area (Å²) in [7, 11) is 0. The maximum Gasteiger partial charge on any atom is 0.224 e. The number of amides is 2. The molecular formula is C26H24N2O2. The van der Waals surface area contributed by atoms with E-state index in [1.807, 2.05) is 71.6 Å². The lowest BCUT2D eigenvalue weighted by Crippen LogP contribution is -2.29. The summed E-state index contributed by atoms with van der Waals surface area (Å²) in [6.45, 7) is 3.08. The molecule has 1 atom stereocenters. The van der Waals surface area contributed by atoms with Crippen LogP contribution in [-0.2, 0) is 16.0 Å². The Morgan fingerprint density at radius 2 is 1.60 bits per heavy atom. The number of rotatable bonds is 4. The molecule has 3 aromatic carbocycles. The number of carbonyl (C=O) groups is 2. The molecule has 1 aliphatic rings. The number of hydrogen-bond donors (Lipinski definition) is 1. The molecule has 3 aromatic rings. The molecule has 0 aromatic heterocycles. The highest BCUT2D eigenvalue weighted by atomic mass is 16.2. The smallest absolute Gasteiger partial charge is 0.224 e. The van der Waals surface area contributed by atoms with Crippen molar-refractivity contribution in [2.45, 2.75) is 26.3 Å². The monoisotopic (exact) mass is 396 g/mol. The zero-order chi connectivity index (χ0) is 21.1. The highest BCUT2D eigenvalue weighted by Crippen LogP contribution is 2.43. The van der Waals surface area contributed by atoms with Gasteiger partial charge in [0, 0.05) is 19.5 Å². The van der Waals surface area contributed by atoms with Gasteiger partial charge in [-0.25, -0.2) is 0 Å². The third-order valence-corrected chi connectivity index (χ3v) is 5.32. The van der Waals surface area contributed by atoms with Crippen molar-refractivity contribution in [3.05, 3.63) is 95.1 Å². The Kier molecular flexibility index (Phi) is 5.48. The lowest BCUT2D eigenvalue weighted by atomic mass is 10.0. The van der Waals surface area contributed by atoms with E-state index in [4.69, 9.17) is 0 Å². The minimum absolute atomic E-state index is 0.0102. The van der Waals surface area contributed by atoms with Gasteiger partial charge < -0.3 is 10.2 Å². The van der Waals surface area contributed by atoms with E-state index in [0.29, 0.717) is 5.69 Å². The van der Waals surface area contributed by atoms with Crippen molar-refractivity contribution in [3.8, 4) is 0 Å². The van der Waals surface area contributed by atoms with Crippen LogP contribution >= 0.6 is 0 Å². The van der Waals surface area contributed by atoms with Gasteiger partial charge in [-0.1, -0.05) is 72.8 Å². The first-order chi connectivity index (χ1) is 14.5. The largest absolute Gasteiger partial charge is 0.326 e. The fourth-order valence-electron chi connectivity index (χ4n) is 4.02. The second kappa shape index (κ2) is 8.37. The molecule has 1 N–H and O–H groups in total. The van der Waals surface area contributed by atoms with E-state index in [0.717, 1.165) is 34.4 Å². The number of hydrogen-bond acceptors (Lipinski definition) is 2. The van der Waals surface area contributed by atoms with Crippen LogP contribution in [0, 0.1) is 0 Å². The molecule has 4 rings (SSSR count). The zero-order valence-electron chi connectivity index (χ0n) is 17.1. The molecule has 0 radical (unpaired) electrons. The molecule has 0 saturated heterocycles. The number of benzene rings is 3. The predicted molar refractivity (Wildman–Crippen MR) is 122 cm³/mol. The van der Waals surface area contributed by atoms with Gasteiger partial charge in [-0.05, 0) is 40.8 Å². The molecule has 0 bridgehead atoms. The molecule has 0 spiro atoms. The third-order valence-electron chi connectivity index (χ3n) is 5.32. The van der Waals surface area contributed by atoms with E-state index >= 15 is 0 Å². The van der Waals surface area contributed by atoms with E-state index in [-0.39, 0.29) is 17.9 Å². The standard InChI is InChI=1S/C26H24N2O2/c1-18(29)27-24-17-26-23(15-22(24)14-13-20-9-5-3-6-10-20)16-25(28(26)19(2)30)21-11-7-4-8-12-21/h3-15,17,25H,16H2,1-2H3,(H,27,29)/t25-/m1/s1. The molecule has 4 nitrogen and oxygen atoms in total. The highest BCUT2D eigenvalue weighted by Gasteiger charge is 2.33. The third kappa shape index (κ3) is 4.03. The van der Waals surface area contributed by atoms with E-state index < -0.39 is 0 Å². The lowest BCUT2D eigenvalue weighted by Gasteiger charge is -2.25. The average molecular weight is 396 g/mol. The molecule has 0 saturated carbocycles. The maximum absolute atomic E-state index is 12.5. The van der Waals surface area contributed by atoms with Gasteiger partial charge in [0.2, 0.25) is 11.8 Å². The summed E-state index contributed by atoms with van der Waals surface area (Å²) in [5, 5.41) is 2.93. The van der Waals surface area contributed by atoms with Crippen molar-refractivity contribution in [1.29, 1.82) is 0 Å². The number of carbonyl (C=O) groups excluding carboxylic acids is 2. The summed E-state index contributed by atoms with van der Waals surface area (Å²) < 4.78 is 0. The van der Waals surface area contributed by atoms with Crippen molar-refractivity contribution < 1.29 is 9.59 Å². The second-order valence-electron chi connectivity index (χ2n) is 7.51. The first kappa shape index (κ1) is 19.6. The van der Waals surface area contributed by atoms with Gasteiger partial charge in [-0.3, -0.25) is 9.59 Å². The zero-order valence-corrected chi connectivity index (χ0v) is 17.1. The summed E-state index contributed by atoms with van der Waals surface area (Å²) in [5.74, 6) is -0.153. The average Bonchev–Trinajstić information content (AvgIpc) is 3.11. The maximum atomic E-state index is 12.5. The van der Waals surface area contributed by atoms with Crippen LogP contribution in [0.4, 0.5) is 11.4 Å². The Bertz CT molecular complexity index is 1100.